The molecule has 0 aliphatic carbocycles. The number of rotatable bonds is 4. The van der Waals surface area contributed by atoms with E-state index < -0.39 is 12.0 Å². The number of aliphatic carboxylic acids is 1. The van der Waals surface area contributed by atoms with Gasteiger partial charge in [0.15, 0.2) is 0 Å². The van der Waals surface area contributed by atoms with Crippen molar-refractivity contribution >= 4 is 35.4 Å². The van der Waals surface area contributed by atoms with Gasteiger partial charge in [-0.2, -0.15) is 0 Å². The van der Waals surface area contributed by atoms with Crippen molar-refractivity contribution in [3.05, 3.63) is 35.4 Å². The standard InChI is InChI=1S/C15H19NO3S2/c1-10(14(18)19)16(2)13(17)11-4-6-12(7-5-11)15-20-8-3-9-21-15/h4-7,10,15H,3,8-9H2,1-2H3,(H,18,19). The fraction of sp³-hybridized carbons (Fsp3) is 0.467. The highest BCUT2D eigenvalue weighted by Crippen LogP contribution is 2.43. The number of likely N-dealkylation sites (N-methyl/N-ethyl adjacent to an activating group) is 1. The first kappa shape index (κ1) is 16.2. The Morgan fingerprint density at radius 3 is 2.33 bits per heavy atom. The minimum Gasteiger partial charge on any atom is -0.480 e. The van der Waals surface area contributed by atoms with Crippen molar-refractivity contribution < 1.29 is 14.7 Å². The number of thioether (sulfide) groups is 2. The fourth-order valence-corrected chi connectivity index (χ4v) is 4.90. The van der Waals surface area contributed by atoms with Crippen molar-refractivity contribution in [2.24, 2.45) is 0 Å². The Hall–Kier alpha value is -1.14. The van der Waals surface area contributed by atoms with E-state index >= 15 is 0 Å². The maximum absolute atomic E-state index is 12.2. The summed E-state index contributed by atoms with van der Waals surface area (Å²) in [5.74, 6) is 1.09. The molecule has 1 fully saturated rings. The van der Waals surface area contributed by atoms with Crippen LogP contribution in [0.5, 0.6) is 0 Å². The smallest absolute Gasteiger partial charge is 0.326 e. The average molecular weight is 325 g/mol. The SMILES string of the molecule is CC(C(=O)O)N(C)C(=O)c1ccc(C2SCCCS2)cc1. The summed E-state index contributed by atoms with van der Waals surface area (Å²) >= 11 is 3.87. The van der Waals surface area contributed by atoms with Crippen LogP contribution in [0.1, 0.15) is 33.8 Å². The molecule has 1 heterocycles. The van der Waals surface area contributed by atoms with E-state index in [0.29, 0.717) is 10.1 Å². The van der Waals surface area contributed by atoms with Crippen molar-refractivity contribution in [1.82, 2.24) is 4.90 Å². The molecular weight excluding hydrogens is 306 g/mol. The van der Waals surface area contributed by atoms with Gasteiger partial charge in [-0.3, -0.25) is 4.79 Å². The van der Waals surface area contributed by atoms with Gasteiger partial charge in [0, 0.05) is 12.6 Å². The molecule has 1 atom stereocenters. The number of carboxylic acid groups (broad SMARTS) is 1. The Labute approximate surface area is 133 Å². The largest absolute Gasteiger partial charge is 0.480 e. The fourth-order valence-electron chi connectivity index (χ4n) is 2.01. The number of amides is 1. The van der Waals surface area contributed by atoms with Gasteiger partial charge in [-0.1, -0.05) is 12.1 Å². The summed E-state index contributed by atoms with van der Waals surface area (Å²) in [6, 6.07) is 6.70. The zero-order valence-corrected chi connectivity index (χ0v) is 13.7. The highest BCUT2D eigenvalue weighted by Gasteiger charge is 2.23. The normalized spacial score (nSPS) is 17.2. The summed E-state index contributed by atoms with van der Waals surface area (Å²) in [4.78, 5) is 24.4. The highest BCUT2D eigenvalue weighted by atomic mass is 32.2. The predicted molar refractivity (Wildman–Crippen MR) is 87.9 cm³/mol. The summed E-state index contributed by atoms with van der Waals surface area (Å²) in [6.07, 6.45) is 1.25. The molecule has 21 heavy (non-hydrogen) atoms. The molecule has 1 unspecified atom stereocenters. The topological polar surface area (TPSA) is 57.6 Å². The lowest BCUT2D eigenvalue weighted by Gasteiger charge is -2.23. The molecule has 1 amide bonds. The maximum Gasteiger partial charge on any atom is 0.326 e. The molecule has 114 valence electrons. The van der Waals surface area contributed by atoms with Gasteiger partial charge in [0.05, 0.1) is 4.58 Å². The van der Waals surface area contributed by atoms with Gasteiger partial charge in [-0.05, 0) is 42.5 Å². The molecule has 2 rings (SSSR count). The summed E-state index contributed by atoms with van der Waals surface area (Å²) < 4.78 is 0.443. The van der Waals surface area contributed by atoms with Gasteiger partial charge in [0.25, 0.3) is 5.91 Å². The van der Waals surface area contributed by atoms with Gasteiger partial charge in [-0.25, -0.2) is 4.79 Å². The molecule has 0 radical (unpaired) electrons. The molecule has 0 spiro atoms. The molecule has 1 aliphatic rings. The van der Waals surface area contributed by atoms with Crippen LogP contribution in [0, 0.1) is 0 Å². The Balaban J connectivity index is 2.07. The van der Waals surface area contributed by atoms with Crippen molar-refractivity contribution in [1.29, 1.82) is 0 Å². The van der Waals surface area contributed by atoms with Crippen molar-refractivity contribution in [2.75, 3.05) is 18.6 Å². The molecule has 0 aromatic heterocycles. The number of nitrogens with zero attached hydrogens (tertiary/aromatic N) is 1. The van der Waals surface area contributed by atoms with Crippen LogP contribution < -0.4 is 0 Å². The van der Waals surface area contributed by atoms with E-state index in [-0.39, 0.29) is 5.91 Å². The number of hydrogen-bond donors (Lipinski definition) is 1. The second kappa shape index (κ2) is 7.22. The van der Waals surface area contributed by atoms with Crippen molar-refractivity contribution in [3.8, 4) is 0 Å². The average Bonchev–Trinajstić information content (AvgIpc) is 2.53. The molecule has 1 N–H and O–H groups in total. The van der Waals surface area contributed by atoms with E-state index in [9.17, 15) is 9.59 Å². The zero-order valence-electron chi connectivity index (χ0n) is 12.1. The van der Waals surface area contributed by atoms with Crippen LogP contribution in [0.2, 0.25) is 0 Å². The van der Waals surface area contributed by atoms with E-state index in [4.69, 9.17) is 5.11 Å². The van der Waals surface area contributed by atoms with Gasteiger partial charge >= 0.3 is 5.97 Å². The summed E-state index contributed by atoms with van der Waals surface area (Å²) in [6.45, 7) is 1.50. The van der Waals surface area contributed by atoms with Crippen LogP contribution in [0.25, 0.3) is 0 Å². The number of carbonyl (C=O) groups is 2. The first-order valence-electron chi connectivity index (χ1n) is 6.84. The van der Waals surface area contributed by atoms with Crippen LogP contribution in [-0.2, 0) is 4.79 Å². The second-order valence-electron chi connectivity index (χ2n) is 4.98. The lowest BCUT2D eigenvalue weighted by molar-refractivity contribution is -0.141. The number of benzene rings is 1. The van der Waals surface area contributed by atoms with E-state index in [1.165, 1.54) is 42.4 Å². The molecule has 4 nitrogen and oxygen atoms in total. The molecule has 0 bridgehead atoms. The van der Waals surface area contributed by atoms with Gasteiger partial charge in [0.2, 0.25) is 0 Å². The molecule has 6 heteroatoms. The number of carboxylic acids is 1. The first-order chi connectivity index (χ1) is 10.0. The summed E-state index contributed by atoms with van der Waals surface area (Å²) in [5.41, 5.74) is 1.75. The Morgan fingerprint density at radius 1 is 1.24 bits per heavy atom. The zero-order chi connectivity index (χ0) is 15.4. The maximum atomic E-state index is 12.2. The van der Waals surface area contributed by atoms with Crippen LogP contribution in [0.3, 0.4) is 0 Å². The Morgan fingerprint density at radius 2 is 1.81 bits per heavy atom. The summed E-state index contributed by atoms with van der Waals surface area (Å²) in [5, 5.41) is 8.96. The molecule has 1 aliphatic heterocycles. The quantitative estimate of drug-likeness (QED) is 0.922. The third-order valence-corrected chi connectivity index (χ3v) is 6.53. The molecule has 1 saturated heterocycles. The van der Waals surface area contributed by atoms with Gasteiger partial charge in [0.1, 0.15) is 6.04 Å². The highest BCUT2D eigenvalue weighted by molar-refractivity contribution is 8.16. The molecule has 0 saturated carbocycles. The lowest BCUT2D eigenvalue weighted by atomic mass is 10.1. The first-order valence-corrected chi connectivity index (χ1v) is 8.93. The van der Waals surface area contributed by atoms with E-state index in [2.05, 4.69) is 0 Å². The van der Waals surface area contributed by atoms with E-state index in [0.717, 1.165) is 0 Å². The monoisotopic (exact) mass is 325 g/mol. The number of hydrogen-bond acceptors (Lipinski definition) is 4. The Bertz CT molecular complexity index is 512. The third-order valence-electron chi connectivity index (χ3n) is 3.52. The van der Waals surface area contributed by atoms with Crippen molar-refractivity contribution in [3.63, 3.8) is 0 Å². The van der Waals surface area contributed by atoms with Crippen LogP contribution in [-0.4, -0.2) is 46.5 Å². The van der Waals surface area contributed by atoms with Crippen LogP contribution in [0.4, 0.5) is 0 Å². The molecule has 1 aromatic rings. The summed E-state index contributed by atoms with van der Waals surface area (Å²) in [7, 11) is 1.52. The lowest BCUT2D eigenvalue weighted by Crippen LogP contribution is -2.40. The van der Waals surface area contributed by atoms with E-state index in [1.54, 1.807) is 12.1 Å². The minimum absolute atomic E-state index is 0.264. The molecular formula is C15H19NO3S2. The van der Waals surface area contributed by atoms with Crippen LogP contribution >= 0.6 is 23.5 Å². The second-order valence-corrected chi connectivity index (χ2v) is 7.70. The Kier molecular flexibility index (Phi) is 5.58. The van der Waals surface area contributed by atoms with E-state index in [1.807, 2.05) is 35.7 Å². The van der Waals surface area contributed by atoms with Crippen LogP contribution in [0.15, 0.2) is 24.3 Å². The minimum atomic E-state index is -1.00. The molecule has 1 aromatic carbocycles. The number of carbonyl (C=O) groups excluding carboxylic acids is 1. The predicted octanol–water partition coefficient (Wildman–Crippen LogP) is 3.10. The van der Waals surface area contributed by atoms with Gasteiger partial charge in [-0.15, -0.1) is 23.5 Å². The third kappa shape index (κ3) is 3.95. The van der Waals surface area contributed by atoms with Crippen molar-refractivity contribution in [2.45, 2.75) is 24.0 Å². The van der Waals surface area contributed by atoms with Gasteiger partial charge < -0.3 is 10.0 Å².